The summed E-state index contributed by atoms with van der Waals surface area (Å²) < 4.78 is 0.606. The Bertz CT molecular complexity index is 386. The number of anilines is 1. The second-order valence-corrected chi connectivity index (χ2v) is 4.44. The molecule has 1 aromatic heterocycles. The Morgan fingerprint density at radius 2 is 2.25 bits per heavy atom. The van der Waals surface area contributed by atoms with E-state index in [0.29, 0.717) is 28.4 Å². The van der Waals surface area contributed by atoms with Crippen molar-refractivity contribution in [2.45, 2.75) is 6.42 Å². The van der Waals surface area contributed by atoms with E-state index in [4.69, 9.17) is 11.6 Å². The summed E-state index contributed by atoms with van der Waals surface area (Å²) in [6, 6.07) is 0. The van der Waals surface area contributed by atoms with Gasteiger partial charge in [0.15, 0.2) is 0 Å². The fourth-order valence-corrected chi connectivity index (χ4v) is 1.46. The van der Waals surface area contributed by atoms with Crippen molar-refractivity contribution in [3.63, 3.8) is 0 Å². The first-order chi connectivity index (χ1) is 7.52. The lowest BCUT2D eigenvalue weighted by molar-refractivity contribution is -0.128. The maximum Gasteiger partial charge on any atom is 0.223 e. The highest BCUT2D eigenvalue weighted by Crippen LogP contribution is 2.25. The van der Waals surface area contributed by atoms with E-state index < -0.39 is 0 Å². The zero-order valence-corrected chi connectivity index (χ0v) is 11.3. The fourth-order valence-electron chi connectivity index (χ4n) is 0.983. The Morgan fingerprint density at radius 3 is 2.88 bits per heavy atom. The Kier molecular flexibility index (Phi) is 4.95. The van der Waals surface area contributed by atoms with Gasteiger partial charge in [0.05, 0.1) is 4.47 Å². The van der Waals surface area contributed by atoms with Gasteiger partial charge in [0.2, 0.25) is 5.91 Å². The molecule has 1 rings (SSSR count). The van der Waals surface area contributed by atoms with E-state index in [9.17, 15) is 4.79 Å². The lowest BCUT2D eigenvalue weighted by Gasteiger charge is -2.11. The van der Waals surface area contributed by atoms with Gasteiger partial charge in [-0.05, 0) is 15.9 Å². The maximum absolute atomic E-state index is 11.3. The van der Waals surface area contributed by atoms with E-state index in [-0.39, 0.29) is 5.91 Å². The third-order valence-corrected chi connectivity index (χ3v) is 3.14. The molecule has 1 heterocycles. The van der Waals surface area contributed by atoms with E-state index in [0.717, 1.165) is 0 Å². The lowest BCUT2D eigenvalue weighted by Crippen LogP contribution is -2.24. The van der Waals surface area contributed by atoms with Crippen LogP contribution in [0.5, 0.6) is 0 Å². The topological polar surface area (TPSA) is 58.1 Å². The van der Waals surface area contributed by atoms with Crippen LogP contribution in [0, 0.1) is 0 Å². The first-order valence-electron chi connectivity index (χ1n) is 4.62. The molecular weight excluding hydrogens is 295 g/mol. The number of rotatable bonds is 4. The van der Waals surface area contributed by atoms with Gasteiger partial charge in [-0.2, -0.15) is 0 Å². The monoisotopic (exact) mass is 306 g/mol. The van der Waals surface area contributed by atoms with Crippen LogP contribution in [-0.2, 0) is 4.79 Å². The predicted molar refractivity (Wildman–Crippen MR) is 66.5 cm³/mol. The van der Waals surface area contributed by atoms with Gasteiger partial charge in [-0.25, -0.2) is 9.97 Å². The standard InChI is InChI=1S/C9H12BrClN4O/c1-15(2)6(16)3-4-12-9-7(10)8(11)13-5-14-9/h5H,3-4H2,1-2H3,(H,12,13,14). The van der Waals surface area contributed by atoms with Crippen LogP contribution in [0.2, 0.25) is 5.15 Å². The van der Waals surface area contributed by atoms with Crippen LogP contribution in [0.3, 0.4) is 0 Å². The van der Waals surface area contributed by atoms with E-state index in [2.05, 4.69) is 31.2 Å². The number of hydrogen-bond donors (Lipinski definition) is 1. The van der Waals surface area contributed by atoms with Crippen molar-refractivity contribution in [2.75, 3.05) is 26.0 Å². The molecule has 5 nitrogen and oxygen atoms in total. The Morgan fingerprint density at radius 1 is 1.56 bits per heavy atom. The zero-order chi connectivity index (χ0) is 12.1. The van der Waals surface area contributed by atoms with Crippen molar-refractivity contribution in [3.05, 3.63) is 16.0 Å². The van der Waals surface area contributed by atoms with Gasteiger partial charge in [-0.15, -0.1) is 0 Å². The average molecular weight is 308 g/mol. The Hall–Kier alpha value is -0.880. The molecule has 7 heteroatoms. The van der Waals surface area contributed by atoms with Gasteiger partial charge < -0.3 is 10.2 Å². The first kappa shape index (κ1) is 13.2. The normalized spacial score (nSPS) is 10.0. The molecule has 0 atom stereocenters. The Labute approximate surface area is 107 Å². The van der Waals surface area contributed by atoms with Gasteiger partial charge in [0.25, 0.3) is 0 Å². The summed E-state index contributed by atoms with van der Waals surface area (Å²) in [6.45, 7) is 0.503. The van der Waals surface area contributed by atoms with Crippen molar-refractivity contribution >= 4 is 39.3 Å². The molecule has 0 saturated heterocycles. The summed E-state index contributed by atoms with van der Waals surface area (Å²) in [5.41, 5.74) is 0. The smallest absolute Gasteiger partial charge is 0.223 e. The van der Waals surface area contributed by atoms with Crippen LogP contribution in [0.15, 0.2) is 10.8 Å². The lowest BCUT2D eigenvalue weighted by atomic mass is 10.4. The van der Waals surface area contributed by atoms with E-state index >= 15 is 0 Å². The van der Waals surface area contributed by atoms with Crippen LogP contribution in [0.4, 0.5) is 5.82 Å². The summed E-state index contributed by atoms with van der Waals surface area (Å²) in [4.78, 5) is 20.7. The number of carbonyl (C=O) groups is 1. The Balaban J connectivity index is 2.49. The molecule has 0 fully saturated rings. The molecule has 0 spiro atoms. The summed E-state index contributed by atoms with van der Waals surface area (Å²) in [5.74, 6) is 0.648. The summed E-state index contributed by atoms with van der Waals surface area (Å²) >= 11 is 9.05. The molecule has 88 valence electrons. The second-order valence-electron chi connectivity index (χ2n) is 3.29. The number of aromatic nitrogens is 2. The number of halogens is 2. The van der Waals surface area contributed by atoms with Crippen molar-refractivity contribution in [1.29, 1.82) is 0 Å². The summed E-state index contributed by atoms with van der Waals surface area (Å²) in [6.07, 6.45) is 1.77. The number of nitrogens with one attached hydrogen (secondary N) is 1. The van der Waals surface area contributed by atoms with E-state index in [1.165, 1.54) is 6.33 Å². The molecule has 0 aliphatic rings. The van der Waals surface area contributed by atoms with Crippen molar-refractivity contribution < 1.29 is 4.79 Å². The van der Waals surface area contributed by atoms with E-state index in [1.54, 1.807) is 19.0 Å². The van der Waals surface area contributed by atoms with Crippen molar-refractivity contribution in [3.8, 4) is 0 Å². The molecule has 0 unspecified atom stereocenters. The minimum atomic E-state index is 0.0591. The molecule has 0 bridgehead atoms. The fraction of sp³-hybridized carbons (Fsp3) is 0.444. The quantitative estimate of drug-likeness (QED) is 0.862. The van der Waals surface area contributed by atoms with Crippen LogP contribution < -0.4 is 5.32 Å². The molecule has 0 aromatic carbocycles. The minimum Gasteiger partial charge on any atom is -0.368 e. The largest absolute Gasteiger partial charge is 0.368 e. The molecule has 0 saturated carbocycles. The molecule has 1 N–H and O–H groups in total. The van der Waals surface area contributed by atoms with Gasteiger partial charge in [0.1, 0.15) is 17.3 Å². The molecular formula is C9H12BrClN4O. The van der Waals surface area contributed by atoms with Gasteiger partial charge >= 0.3 is 0 Å². The van der Waals surface area contributed by atoms with Crippen molar-refractivity contribution in [1.82, 2.24) is 14.9 Å². The molecule has 0 aliphatic heterocycles. The predicted octanol–water partition coefficient (Wildman–Crippen LogP) is 1.78. The number of nitrogens with zero attached hydrogens (tertiary/aromatic N) is 3. The third kappa shape index (κ3) is 3.61. The molecule has 1 amide bonds. The highest BCUT2D eigenvalue weighted by molar-refractivity contribution is 9.10. The molecule has 0 aliphatic carbocycles. The van der Waals surface area contributed by atoms with Crippen LogP contribution in [-0.4, -0.2) is 41.4 Å². The minimum absolute atomic E-state index is 0.0591. The van der Waals surface area contributed by atoms with Gasteiger partial charge in [0, 0.05) is 27.1 Å². The summed E-state index contributed by atoms with van der Waals surface area (Å²) in [5, 5.41) is 3.35. The SMILES string of the molecule is CN(C)C(=O)CCNc1ncnc(Cl)c1Br. The number of hydrogen-bond acceptors (Lipinski definition) is 4. The molecule has 16 heavy (non-hydrogen) atoms. The van der Waals surface area contributed by atoms with Crippen LogP contribution in [0.1, 0.15) is 6.42 Å². The summed E-state index contributed by atoms with van der Waals surface area (Å²) in [7, 11) is 3.44. The van der Waals surface area contributed by atoms with Crippen LogP contribution >= 0.6 is 27.5 Å². The third-order valence-electron chi connectivity index (χ3n) is 1.88. The van der Waals surface area contributed by atoms with Gasteiger partial charge in [-0.3, -0.25) is 4.79 Å². The van der Waals surface area contributed by atoms with Gasteiger partial charge in [-0.1, -0.05) is 11.6 Å². The first-order valence-corrected chi connectivity index (χ1v) is 5.79. The van der Waals surface area contributed by atoms with E-state index in [1.807, 2.05) is 0 Å². The second kappa shape index (κ2) is 6.00. The van der Waals surface area contributed by atoms with Crippen LogP contribution in [0.25, 0.3) is 0 Å². The highest BCUT2D eigenvalue weighted by Gasteiger charge is 2.07. The zero-order valence-electron chi connectivity index (χ0n) is 9.00. The maximum atomic E-state index is 11.3. The average Bonchev–Trinajstić information content (AvgIpc) is 2.24. The molecule has 1 aromatic rings. The molecule has 0 radical (unpaired) electrons. The number of amides is 1. The highest BCUT2D eigenvalue weighted by atomic mass is 79.9. The van der Waals surface area contributed by atoms with Crippen molar-refractivity contribution in [2.24, 2.45) is 0 Å². The number of carbonyl (C=O) groups excluding carboxylic acids is 1.